The highest BCUT2D eigenvalue weighted by molar-refractivity contribution is 14.0. The zero-order chi connectivity index (χ0) is 20.9. The summed E-state index contributed by atoms with van der Waals surface area (Å²) in [6, 6.07) is 9.04. The maximum atomic E-state index is 13.0. The number of halogens is 4. The van der Waals surface area contributed by atoms with Crippen LogP contribution in [0, 0.1) is 0 Å². The third-order valence-corrected chi connectivity index (χ3v) is 6.27. The monoisotopic (exact) mass is 540 g/mol. The number of hydrogen-bond donors (Lipinski definition) is 1. The van der Waals surface area contributed by atoms with Gasteiger partial charge in [0.25, 0.3) is 0 Å². The normalized spacial score (nSPS) is 21.6. The van der Waals surface area contributed by atoms with Crippen LogP contribution in [0.4, 0.5) is 13.2 Å². The summed E-state index contributed by atoms with van der Waals surface area (Å²) in [6.07, 6.45) is -2.33. The summed E-state index contributed by atoms with van der Waals surface area (Å²) in [5, 5.41) is 3.50. The van der Waals surface area contributed by atoms with E-state index in [1.165, 1.54) is 17.4 Å². The molecule has 0 radical (unpaired) electrons. The second kappa shape index (κ2) is 11.0. The second-order valence-corrected chi connectivity index (χ2v) is 7.90. The van der Waals surface area contributed by atoms with Crippen molar-refractivity contribution in [2.45, 2.75) is 37.4 Å². The molecule has 0 aliphatic carbocycles. The SMILES string of the molecule is CN=C(NCC1(c2ccccc2)CCOCC1)N1CCN(C(C)C(F)(F)F)CC1.I. The number of alkyl halides is 3. The molecule has 0 spiro atoms. The van der Waals surface area contributed by atoms with Gasteiger partial charge in [-0.25, -0.2) is 0 Å². The molecule has 30 heavy (non-hydrogen) atoms. The van der Waals surface area contributed by atoms with E-state index in [0.717, 1.165) is 38.6 Å². The molecule has 0 saturated carbocycles. The van der Waals surface area contributed by atoms with Crippen molar-refractivity contribution in [3.05, 3.63) is 35.9 Å². The zero-order valence-corrected chi connectivity index (χ0v) is 20.0. The molecule has 0 bridgehead atoms. The Kier molecular flexibility index (Phi) is 9.23. The molecule has 2 aliphatic rings. The minimum atomic E-state index is -4.19. The third kappa shape index (κ3) is 6.00. The fraction of sp³-hybridized carbons (Fsp3) is 0.667. The van der Waals surface area contributed by atoms with Crippen LogP contribution in [0.15, 0.2) is 35.3 Å². The van der Waals surface area contributed by atoms with E-state index >= 15 is 0 Å². The van der Waals surface area contributed by atoms with Crippen LogP contribution in [0.3, 0.4) is 0 Å². The van der Waals surface area contributed by atoms with Crippen LogP contribution < -0.4 is 5.32 Å². The molecule has 2 saturated heterocycles. The molecule has 1 aromatic carbocycles. The quantitative estimate of drug-likeness (QED) is 0.361. The summed E-state index contributed by atoms with van der Waals surface area (Å²) in [7, 11) is 1.73. The van der Waals surface area contributed by atoms with Gasteiger partial charge in [-0.3, -0.25) is 9.89 Å². The number of aliphatic imine (C=N–C) groups is 1. The van der Waals surface area contributed by atoms with Crippen LogP contribution in [-0.2, 0) is 10.2 Å². The van der Waals surface area contributed by atoms with E-state index in [2.05, 4.69) is 39.5 Å². The molecule has 1 aromatic rings. The Morgan fingerprint density at radius 3 is 2.27 bits per heavy atom. The topological polar surface area (TPSA) is 40.1 Å². The molecule has 170 valence electrons. The second-order valence-electron chi connectivity index (χ2n) is 7.90. The average molecular weight is 540 g/mol. The Morgan fingerprint density at radius 2 is 1.73 bits per heavy atom. The van der Waals surface area contributed by atoms with E-state index in [1.54, 1.807) is 7.05 Å². The van der Waals surface area contributed by atoms with Gasteiger partial charge in [0.05, 0.1) is 0 Å². The molecule has 2 heterocycles. The number of benzene rings is 1. The molecular weight excluding hydrogens is 508 g/mol. The summed E-state index contributed by atoms with van der Waals surface area (Å²) in [4.78, 5) is 7.95. The van der Waals surface area contributed by atoms with Crippen molar-refractivity contribution >= 4 is 29.9 Å². The summed E-state index contributed by atoms with van der Waals surface area (Å²) >= 11 is 0. The van der Waals surface area contributed by atoms with Gasteiger partial charge in [-0.15, -0.1) is 24.0 Å². The molecular formula is C21H32F3IN4O. The molecule has 2 aliphatic heterocycles. The predicted molar refractivity (Wildman–Crippen MR) is 124 cm³/mol. The lowest BCUT2D eigenvalue weighted by atomic mass is 9.74. The molecule has 1 atom stereocenters. The largest absolute Gasteiger partial charge is 0.403 e. The summed E-state index contributed by atoms with van der Waals surface area (Å²) in [6.45, 7) is 5.22. The maximum absolute atomic E-state index is 13.0. The standard InChI is InChI=1S/C21H31F3N4O.HI/c1-17(21(22,23)24)27-10-12-28(13-11-27)19(25-2)26-16-20(8-14-29-15-9-20)18-6-4-3-5-7-18;/h3-7,17H,8-16H2,1-2H3,(H,25,26);1H. The zero-order valence-electron chi connectivity index (χ0n) is 17.6. The first-order valence-electron chi connectivity index (χ1n) is 10.3. The first-order chi connectivity index (χ1) is 13.9. The van der Waals surface area contributed by atoms with Gasteiger partial charge in [0.1, 0.15) is 6.04 Å². The fourth-order valence-corrected chi connectivity index (χ4v) is 4.23. The lowest BCUT2D eigenvalue weighted by Gasteiger charge is -2.42. The fourth-order valence-electron chi connectivity index (χ4n) is 4.23. The predicted octanol–water partition coefficient (Wildman–Crippen LogP) is 3.50. The Bertz CT molecular complexity index is 673. The van der Waals surface area contributed by atoms with Crippen molar-refractivity contribution in [1.82, 2.24) is 15.1 Å². The Hall–Kier alpha value is -1.07. The van der Waals surface area contributed by atoms with Gasteiger partial charge in [-0.05, 0) is 25.3 Å². The molecule has 5 nitrogen and oxygen atoms in total. The van der Waals surface area contributed by atoms with E-state index in [-0.39, 0.29) is 29.4 Å². The van der Waals surface area contributed by atoms with E-state index < -0.39 is 12.2 Å². The molecule has 3 rings (SSSR count). The van der Waals surface area contributed by atoms with Crippen LogP contribution in [0.25, 0.3) is 0 Å². The van der Waals surface area contributed by atoms with E-state index in [1.807, 2.05) is 6.07 Å². The molecule has 1 N–H and O–H groups in total. The summed E-state index contributed by atoms with van der Waals surface area (Å²) in [5.74, 6) is 0.756. The highest BCUT2D eigenvalue weighted by Crippen LogP contribution is 2.34. The smallest absolute Gasteiger partial charge is 0.381 e. The Balaban J connectivity index is 0.00000320. The third-order valence-electron chi connectivity index (χ3n) is 6.27. The van der Waals surface area contributed by atoms with Crippen molar-refractivity contribution in [3.63, 3.8) is 0 Å². The molecule has 0 aromatic heterocycles. The number of piperazine rings is 1. The molecule has 9 heteroatoms. The number of nitrogens with zero attached hydrogens (tertiary/aromatic N) is 3. The van der Waals surface area contributed by atoms with Gasteiger partial charge < -0.3 is 15.0 Å². The van der Waals surface area contributed by atoms with E-state index in [0.29, 0.717) is 26.2 Å². The van der Waals surface area contributed by atoms with Crippen molar-refractivity contribution < 1.29 is 17.9 Å². The van der Waals surface area contributed by atoms with Crippen molar-refractivity contribution in [2.24, 2.45) is 4.99 Å². The lowest BCUT2D eigenvalue weighted by Crippen LogP contribution is -2.57. The van der Waals surface area contributed by atoms with Gasteiger partial charge in [0.2, 0.25) is 0 Å². The lowest BCUT2D eigenvalue weighted by molar-refractivity contribution is -0.181. The number of hydrogen-bond acceptors (Lipinski definition) is 3. The Labute approximate surface area is 194 Å². The van der Waals surface area contributed by atoms with Gasteiger partial charge in [0.15, 0.2) is 5.96 Å². The summed E-state index contributed by atoms with van der Waals surface area (Å²) in [5.41, 5.74) is 1.26. The van der Waals surface area contributed by atoms with Gasteiger partial charge in [0, 0.05) is 58.4 Å². The minimum Gasteiger partial charge on any atom is -0.381 e. The number of ether oxygens (including phenoxy) is 1. The van der Waals surface area contributed by atoms with Crippen LogP contribution in [-0.4, -0.2) is 81.0 Å². The van der Waals surface area contributed by atoms with Crippen molar-refractivity contribution in [2.75, 3.05) is 53.0 Å². The first-order valence-corrected chi connectivity index (χ1v) is 10.3. The van der Waals surface area contributed by atoms with Crippen molar-refractivity contribution in [1.29, 1.82) is 0 Å². The maximum Gasteiger partial charge on any atom is 0.403 e. The van der Waals surface area contributed by atoms with Gasteiger partial charge in [-0.2, -0.15) is 13.2 Å². The minimum absolute atomic E-state index is 0. The Morgan fingerprint density at radius 1 is 1.13 bits per heavy atom. The van der Waals surface area contributed by atoms with Crippen LogP contribution in [0.5, 0.6) is 0 Å². The van der Waals surface area contributed by atoms with E-state index in [9.17, 15) is 13.2 Å². The van der Waals surface area contributed by atoms with Crippen LogP contribution in [0.1, 0.15) is 25.3 Å². The molecule has 1 unspecified atom stereocenters. The van der Waals surface area contributed by atoms with Crippen molar-refractivity contribution in [3.8, 4) is 0 Å². The van der Waals surface area contributed by atoms with Crippen LogP contribution >= 0.6 is 24.0 Å². The molecule has 2 fully saturated rings. The highest BCUT2D eigenvalue weighted by Gasteiger charge is 2.41. The number of guanidine groups is 1. The van der Waals surface area contributed by atoms with Gasteiger partial charge >= 0.3 is 6.18 Å². The first kappa shape index (κ1) is 25.2. The molecule has 0 amide bonds. The van der Waals surface area contributed by atoms with Gasteiger partial charge in [-0.1, -0.05) is 30.3 Å². The number of rotatable bonds is 4. The average Bonchev–Trinajstić information content (AvgIpc) is 2.75. The highest BCUT2D eigenvalue weighted by atomic mass is 127. The number of nitrogens with one attached hydrogen (secondary N) is 1. The summed E-state index contributed by atoms with van der Waals surface area (Å²) < 4.78 is 44.5. The van der Waals surface area contributed by atoms with E-state index in [4.69, 9.17) is 4.74 Å². The van der Waals surface area contributed by atoms with Crippen LogP contribution in [0.2, 0.25) is 0 Å².